The number of ether oxygens (including phenoxy) is 2. The number of unbranched alkanes of at least 4 members (excludes halogenated alkanes) is 1. The fourth-order valence-electron chi connectivity index (χ4n) is 2.05. The van der Waals surface area contributed by atoms with Crippen LogP contribution in [-0.4, -0.2) is 46.6 Å². The van der Waals surface area contributed by atoms with E-state index in [1.165, 1.54) is 6.92 Å². The fraction of sp³-hybridized carbons (Fsp3) is 0.818. The summed E-state index contributed by atoms with van der Waals surface area (Å²) in [6.07, 6.45) is 0.0150. The van der Waals surface area contributed by atoms with Crippen molar-refractivity contribution in [1.29, 1.82) is 0 Å². The van der Waals surface area contributed by atoms with Gasteiger partial charge in [0.15, 0.2) is 0 Å². The van der Waals surface area contributed by atoms with Gasteiger partial charge < -0.3 is 19.7 Å². The molecule has 0 aromatic carbocycles. The van der Waals surface area contributed by atoms with Crippen LogP contribution in [0.3, 0.4) is 0 Å². The Labute approximate surface area is 99.5 Å². The summed E-state index contributed by atoms with van der Waals surface area (Å²) in [4.78, 5) is 23.2. The summed E-state index contributed by atoms with van der Waals surface area (Å²) in [5.74, 6) is -2.04. The summed E-state index contributed by atoms with van der Waals surface area (Å²) >= 11 is 0. The van der Waals surface area contributed by atoms with E-state index >= 15 is 0 Å². The lowest BCUT2D eigenvalue weighted by atomic mass is 9.78. The topological polar surface area (TPSA) is 93.1 Å². The zero-order valence-corrected chi connectivity index (χ0v) is 10.2. The molecule has 6 nitrogen and oxygen atoms in total. The molecule has 1 saturated heterocycles. The third kappa shape index (κ3) is 1.81. The van der Waals surface area contributed by atoms with E-state index in [0.717, 1.165) is 7.11 Å². The van der Waals surface area contributed by atoms with Crippen molar-refractivity contribution >= 4 is 11.9 Å². The van der Waals surface area contributed by atoms with Gasteiger partial charge in [-0.15, -0.1) is 0 Å². The summed E-state index contributed by atoms with van der Waals surface area (Å²) in [6.45, 7) is 3.21. The van der Waals surface area contributed by atoms with Gasteiger partial charge in [-0.3, -0.25) is 0 Å². The van der Waals surface area contributed by atoms with Gasteiger partial charge in [-0.25, -0.2) is 9.59 Å². The van der Waals surface area contributed by atoms with Crippen LogP contribution in [0.5, 0.6) is 0 Å². The van der Waals surface area contributed by atoms with Crippen LogP contribution < -0.4 is 0 Å². The highest BCUT2D eigenvalue weighted by molar-refractivity contribution is 5.96. The van der Waals surface area contributed by atoms with E-state index in [1.54, 1.807) is 0 Å². The third-order valence-electron chi connectivity index (χ3n) is 3.23. The van der Waals surface area contributed by atoms with E-state index in [-0.39, 0.29) is 6.42 Å². The monoisotopic (exact) mass is 246 g/mol. The molecule has 2 N–H and O–H groups in total. The van der Waals surface area contributed by atoms with Crippen molar-refractivity contribution in [3.8, 4) is 0 Å². The van der Waals surface area contributed by atoms with Crippen LogP contribution in [0.4, 0.5) is 0 Å². The molecule has 1 fully saturated rings. The van der Waals surface area contributed by atoms with Crippen molar-refractivity contribution in [2.75, 3.05) is 7.11 Å². The van der Waals surface area contributed by atoms with Gasteiger partial charge in [0.1, 0.15) is 6.10 Å². The molecule has 3 atom stereocenters. The number of hydrogen-bond acceptors (Lipinski definition) is 6. The normalized spacial score (nSPS) is 36.8. The van der Waals surface area contributed by atoms with Crippen molar-refractivity contribution in [2.24, 2.45) is 0 Å². The van der Waals surface area contributed by atoms with Gasteiger partial charge in [-0.1, -0.05) is 19.8 Å². The zero-order chi connectivity index (χ0) is 13.3. The Kier molecular flexibility index (Phi) is 3.78. The van der Waals surface area contributed by atoms with E-state index in [4.69, 9.17) is 4.74 Å². The second-order valence-corrected chi connectivity index (χ2v) is 4.27. The molecule has 1 aliphatic rings. The minimum atomic E-state index is -2.34. The van der Waals surface area contributed by atoms with Crippen LogP contribution in [0.2, 0.25) is 0 Å². The van der Waals surface area contributed by atoms with Crippen molar-refractivity contribution in [1.82, 2.24) is 0 Å². The summed E-state index contributed by atoms with van der Waals surface area (Å²) in [6, 6.07) is 0. The Morgan fingerprint density at radius 1 is 1.53 bits per heavy atom. The Balaban J connectivity index is 3.13. The van der Waals surface area contributed by atoms with Gasteiger partial charge in [0.2, 0.25) is 11.2 Å². The molecular formula is C11H18O6. The van der Waals surface area contributed by atoms with Gasteiger partial charge in [-0.05, 0) is 13.3 Å². The first-order chi connectivity index (χ1) is 7.84. The standard InChI is InChI=1S/C11H18O6/c1-4-5-6-10(14)8(12)17-7(2)11(10,15)9(13)16-3/h7,14-15H,4-6H2,1-3H3/t7-,10+,11-/m1/s1. The molecule has 98 valence electrons. The lowest BCUT2D eigenvalue weighted by Crippen LogP contribution is -2.62. The lowest BCUT2D eigenvalue weighted by molar-refractivity contribution is -0.193. The predicted octanol–water partition coefficient (Wildman–Crippen LogP) is -0.243. The molecule has 0 saturated carbocycles. The zero-order valence-electron chi connectivity index (χ0n) is 10.2. The molecule has 1 heterocycles. The molecule has 1 aliphatic heterocycles. The number of carbonyl (C=O) groups excluding carboxylic acids is 2. The first-order valence-corrected chi connectivity index (χ1v) is 5.58. The highest BCUT2D eigenvalue weighted by Gasteiger charge is 2.70. The van der Waals surface area contributed by atoms with Crippen LogP contribution in [0.25, 0.3) is 0 Å². The first kappa shape index (κ1) is 13.9. The molecule has 0 aromatic rings. The highest BCUT2D eigenvalue weighted by atomic mass is 16.6. The Bertz CT molecular complexity index is 328. The van der Waals surface area contributed by atoms with Gasteiger partial charge in [-0.2, -0.15) is 0 Å². The number of rotatable bonds is 4. The minimum Gasteiger partial charge on any atom is -0.467 e. The lowest BCUT2D eigenvalue weighted by Gasteiger charge is -2.32. The summed E-state index contributed by atoms with van der Waals surface area (Å²) in [5, 5.41) is 20.5. The molecular weight excluding hydrogens is 228 g/mol. The van der Waals surface area contributed by atoms with Crippen molar-refractivity contribution < 1.29 is 29.3 Å². The SMILES string of the molecule is CCCC[C@]1(O)C(=O)O[C@H](C)[C@@]1(O)C(=O)OC. The van der Waals surface area contributed by atoms with E-state index in [0.29, 0.717) is 12.8 Å². The van der Waals surface area contributed by atoms with Crippen LogP contribution >= 0.6 is 0 Å². The predicted molar refractivity (Wildman–Crippen MR) is 57.0 cm³/mol. The second kappa shape index (κ2) is 4.62. The molecule has 0 bridgehead atoms. The Morgan fingerprint density at radius 2 is 2.12 bits per heavy atom. The van der Waals surface area contributed by atoms with Crippen molar-refractivity contribution in [3.63, 3.8) is 0 Å². The molecule has 0 unspecified atom stereocenters. The van der Waals surface area contributed by atoms with Crippen molar-refractivity contribution in [2.45, 2.75) is 50.4 Å². The Morgan fingerprint density at radius 3 is 2.59 bits per heavy atom. The van der Waals surface area contributed by atoms with Gasteiger partial charge in [0.25, 0.3) is 0 Å². The number of cyclic esters (lactones) is 1. The van der Waals surface area contributed by atoms with E-state index in [9.17, 15) is 19.8 Å². The third-order valence-corrected chi connectivity index (χ3v) is 3.23. The summed E-state index contributed by atoms with van der Waals surface area (Å²) in [5.41, 5.74) is -4.57. The molecule has 0 aliphatic carbocycles. The largest absolute Gasteiger partial charge is 0.467 e. The molecule has 0 radical (unpaired) electrons. The van der Waals surface area contributed by atoms with Gasteiger partial charge in [0.05, 0.1) is 7.11 Å². The second-order valence-electron chi connectivity index (χ2n) is 4.27. The summed E-state index contributed by atoms with van der Waals surface area (Å²) < 4.78 is 9.22. The van der Waals surface area contributed by atoms with Crippen LogP contribution in [-0.2, 0) is 19.1 Å². The van der Waals surface area contributed by atoms with Gasteiger partial charge >= 0.3 is 11.9 Å². The maximum absolute atomic E-state index is 11.6. The number of hydrogen-bond donors (Lipinski definition) is 2. The molecule has 0 spiro atoms. The smallest absolute Gasteiger partial charge is 0.345 e. The Hall–Kier alpha value is -1.14. The average Bonchev–Trinajstić information content (AvgIpc) is 2.48. The maximum Gasteiger partial charge on any atom is 0.345 e. The van der Waals surface area contributed by atoms with Crippen molar-refractivity contribution in [3.05, 3.63) is 0 Å². The molecule has 1 rings (SSSR count). The van der Waals surface area contributed by atoms with Crippen LogP contribution in [0.15, 0.2) is 0 Å². The maximum atomic E-state index is 11.6. The van der Waals surface area contributed by atoms with E-state index < -0.39 is 29.2 Å². The minimum absolute atomic E-state index is 0.0434. The first-order valence-electron chi connectivity index (χ1n) is 5.58. The van der Waals surface area contributed by atoms with E-state index in [2.05, 4.69) is 4.74 Å². The van der Waals surface area contributed by atoms with Crippen LogP contribution in [0, 0.1) is 0 Å². The molecule has 17 heavy (non-hydrogen) atoms. The quantitative estimate of drug-likeness (QED) is 0.665. The van der Waals surface area contributed by atoms with E-state index in [1.807, 2.05) is 6.92 Å². The molecule has 0 amide bonds. The summed E-state index contributed by atoms with van der Waals surface area (Å²) in [7, 11) is 1.08. The fourth-order valence-corrected chi connectivity index (χ4v) is 2.05. The molecule has 6 heteroatoms. The number of carbonyl (C=O) groups is 2. The van der Waals surface area contributed by atoms with Crippen LogP contribution in [0.1, 0.15) is 33.1 Å². The number of methoxy groups -OCH3 is 1. The van der Waals surface area contributed by atoms with Gasteiger partial charge in [0, 0.05) is 0 Å². The average molecular weight is 246 g/mol. The number of aliphatic hydroxyl groups is 2. The molecule has 0 aromatic heterocycles. The highest BCUT2D eigenvalue weighted by Crippen LogP contribution is 2.40. The number of esters is 2.